The van der Waals surface area contributed by atoms with Gasteiger partial charge in [0.25, 0.3) is 5.91 Å². The predicted molar refractivity (Wildman–Crippen MR) is 101 cm³/mol. The van der Waals surface area contributed by atoms with Gasteiger partial charge >= 0.3 is 0 Å². The summed E-state index contributed by atoms with van der Waals surface area (Å²) in [4.78, 5) is 29.1. The molecule has 4 rings (SSSR count). The number of carbonyl (C=O) groups excluding carboxylic acids is 2. The van der Waals surface area contributed by atoms with Gasteiger partial charge in [0.15, 0.2) is 0 Å². The number of hydrogen-bond donors (Lipinski definition) is 0. The minimum Gasteiger partial charge on any atom is -0.381 e. The van der Waals surface area contributed by atoms with Crippen molar-refractivity contribution in [3.05, 3.63) is 30.1 Å². The maximum Gasteiger partial charge on any atom is 0.253 e. The number of anilines is 1. The number of piperidine rings is 1. The zero-order chi connectivity index (χ0) is 19.7. The lowest BCUT2D eigenvalue weighted by Gasteiger charge is -2.52. The molecule has 28 heavy (non-hydrogen) atoms. The molecule has 3 heterocycles. The van der Waals surface area contributed by atoms with Crippen LogP contribution in [-0.4, -0.2) is 61.3 Å². The molecule has 0 aromatic heterocycles. The van der Waals surface area contributed by atoms with E-state index in [0.717, 1.165) is 26.1 Å². The highest BCUT2D eigenvalue weighted by molar-refractivity contribution is 5.96. The van der Waals surface area contributed by atoms with E-state index in [0.29, 0.717) is 37.5 Å². The smallest absolute Gasteiger partial charge is 0.253 e. The molecule has 3 saturated heterocycles. The first kappa shape index (κ1) is 19.3. The molecule has 1 aromatic rings. The zero-order valence-corrected chi connectivity index (χ0v) is 16.2. The lowest BCUT2D eigenvalue weighted by molar-refractivity contribution is -0.156. The molecule has 3 aliphatic heterocycles. The Morgan fingerprint density at radius 3 is 2.68 bits per heavy atom. The van der Waals surface area contributed by atoms with Gasteiger partial charge in [0.1, 0.15) is 12.4 Å². The van der Waals surface area contributed by atoms with Crippen LogP contribution in [0.4, 0.5) is 10.1 Å². The minimum absolute atomic E-state index is 0.000394. The molecular formula is C21H27FN2O4. The van der Waals surface area contributed by atoms with E-state index < -0.39 is 5.60 Å². The second kappa shape index (κ2) is 7.79. The number of hydrogen-bond acceptors (Lipinski definition) is 4. The standard InChI is InChI=1S/C21H27FN2O4/c1-21-8-9-23(19(25)12-15-6-10-27-11-7-15)13-18(21)24(20(26)14-28-21)17-4-2-16(22)3-5-17/h2-5,15,18H,6-14H2,1H3/t18-,21-/m1/s1. The summed E-state index contributed by atoms with van der Waals surface area (Å²) in [5, 5.41) is 0. The largest absolute Gasteiger partial charge is 0.381 e. The molecule has 0 saturated carbocycles. The second-order valence-corrected chi connectivity index (χ2v) is 8.21. The van der Waals surface area contributed by atoms with Gasteiger partial charge < -0.3 is 19.3 Å². The van der Waals surface area contributed by atoms with Crippen molar-refractivity contribution in [3.63, 3.8) is 0 Å². The van der Waals surface area contributed by atoms with Crippen LogP contribution in [0, 0.1) is 11.7 Å². The first-order chi connectivity index (χ1) is 13.5. The third-order valence-corrected chi connectivity index (χ3v) is 6.34. The van der Waals surface area contributed by atoms with Crippen LogP contribution in [0.3, 0.4) is 0 Å². The van der Waals surface area contributed by atoms with E-state index in [4.69, 9.17) is 9.47 Å². The average molecular weight is 390 g/mol. The number of benzene rings is 1. The van der Waals surface area contributed by atoms with Crippen molar-refractivity contribution in [2.45, 2.75) is 44.2 Å². The quantitative estimate of drug-likeness (QED) is 0.795. The van der Waals surface area contributed by atoms with Crippen molar-refractivity contribution in [2.75, 3.05) is 37.8 Å². The number of morpholine rings is 1. The number of likely N-dealkylation sites (tertiary alicyclic amines) is 1. The Morgan fingerprint density at radius 1 is 1.25 bits per heavy atom. The summed E-state index contributed by atoms with van der Waals surface area (Å²) in [6.45, 7) is 4.50. The van der Waals surface area contributed by atoms with Gasteiger partial charge in [-0.3, -0.25) is 9.59 Å². The van der Waals surface area contributed by atoms with Crippen molar-refractivity contribution >= 4 is 17.5 Å². The molecule has 2 amide bonds. The number of halogens is 1. The number of nitrogens with zero attached hydrogens (tertiary/aromatic N) is 2. The van der Waals surface area contributed by atoms with Gasteiger partial charge in [0.2, 0.25) is 5.91 Å². The van der Waals surface area contributed by atoms with Crippen molar-refractivity contribution in [1.29, 1.82) is 0 Å². The highest BCUT2D eigenvalue weighted by Gasteiger charge is 2.50. The molecule has 1 aromatic carbocycles. The lowest BCUT2D eigenvalue weighted by atomic mass is 9.84. The Kier molecular flexibility index (Phi) is 5.38. The van der Waals surface area contributed by atoms with Gasteiger partial charge in [-0.2, -0.15) is 0 Å². The van der Waals surface area contributed by atoms with E-state index in [1.807, 2.05) is 11.8 Å². The summed E-state index contributed by atoms with van der Waals surface area (Å²) < 4.78 is 24.7. The summed E-state index contributed by atoms with van der Waals surface area (Å²) in [5.74, 6) is -0.00466. The number of fused-ring (bicyclic) bond motifs is 1. The van der Waals surface area contributed by atoms with Gasteiger partial charge in [0, 0.05) is 38.4 Å². The Balaban J connectivity index is 1.52. The third-order valence-electron chi connectivity index (χ3n) is 6.34. The first-order valence-electron chi connectivity index (χ1n) is 10.0. The van der Waals surface area contributed by atoms with E-state index >= 15 is 0 Å². The molecule has 0 unspecified atom stereocenters. The zero-order valence-electron chi connectivity index (χ0n) is 16.2. The molecule has 0 radical (unpaired) electrons. The Hall–Kier alpha value is -1.99. The highest BCUT2D eigenvalue weighted by atomic mass is 19.1. The van der Waals surface area contributed by atoms with Crippen LogP contribution >= 0.6 is 0 Å². The SMILES string of the molecule is C[C@@]12CCN(C(=O)CC3CCOCC3)C[C@H]1N(c1ccc(F)cc1)C(=O)CO2. The minimum atomic E-state index is -0.516. The lowest BCUT2D eigenvalue weighted by Crippen LogP contribution is -2.68. The monoisotopic (exact) mass is 390 g/mol. The predicted octanol–water partition coefficient (Wildman–Crippen LogP) is 2.37. The molecule has 3 aliphatic rings. The van der Waals surface area contributed by atoms with Crippen molar-refractivity contribution in [3.8, 4) is 0 Å². The van der Waals surface area contributed by atoms with Crippen LogP contribution in [0.5, 0.6) is 0 Å². The molecule has 0 N–H and O–H groups in total. The van der Waals surface area contributed by atoms with E-state index in [1.165, 1.54) is 12.1 Å². The summed E-state index contributed by atoms with van der Waals surface area (Å²) in [6.07, 6.45) is 3.04. The molecule has 6 nitrogen and oxygen atoms in total. The molecule has 0 bridgehead atoms. The molecule has 7 heteroatoms. The average Bonchev–Trinajstić information content (AvgIpc) is 2.70. The molecule has 0 aliphatic carbocycles. The van der Waals surface area contributed by atoms with Crippen LogP contribution in [0.2, 0.25) is 0 Å². The van der Waals surface area contributed by atoms with Crippen molar-refractivity contribution in [1.82, 2.24) is 4.90 Å². The van der Waals surface area contributed by atoms with Crippen molar-refractivity contribution < 1.29 is 23.5 Å². The summed E-state index contributed by atoms with van der Waals surface area (Å²) in [6, 6.07) is 5.65. The summed E-state index contributed by atoms with van der Waals surface area (Å²) >= 11 is 0. The highest BCUT2D eigenvalue weighted by Crippen LogP contribution is 2.36. The number of carbonyl (C=O) groups is 2. The van der Waals surface area contributed by atoms with Crippen molar-refractivity contribution in [2.24, 2.45) is 5.92 Å². The number of ether oxygens (including phenoxy) is 2. The Bertz CT molecular complexity index is 734. The number of rotatable bonds is 3. The fraction of sp³-hybridized carbons (Fsp3) is 0.619. The summed E-state index contributed by atoms with van der Waals surface area (Å²) in [5.41, 5.74) is 0.127. The van der Waals surface area contributed by atoms with Gasteiger partial charge in [-0.05, 0) is 56.4 Å². The first-order valence-corrected chi connectivity index (χ1v) is 10.0. The molecular weight excluding hydrogens is 363 g/mol. The van der Waals surface area contributed by atoms with E-state index in [-0.39, 0.29) is 30.3 Å². The maximum atomic E-state index is 13.4. The Morgan fingerprint density at radius 2 is 1.96 bits per heavy atom. The van der Waals surface area contributed by atoms with E-state index in [9.17, 15) is 14.0 Å². The topological polar surface area (TPSA) is 59.1 Å². The molecule has 2 atom stereocenters. The van der Waals surface area contributed by atoms with Gasteiger partial charge in [-0.15, -0.1) is 0 Å². The summed E-state index contributed by atoms with van der Waals surface area (Å²) in [7, 11) is 0. The van der Waals surface area contributed by atoms with Crippen LogP contribution < -0.4 is 4.90 Å². The fourth-order valence-corrected chi connectivity index (χ4v) is 4.49. The van der Waals surface area contributed by atoms with Crippen LogP contribution in [0.25, 0.3) is 0 Å². The fourth-order valence-electron chi connectivity index (χ4n) is 4.49. The van der Waals surface area contributed by atoms with E-state index in [2.05, 4.69) is 0 Å². The van der Waals surface area contributed by atoms with Crippen LogP contribution in [-0.2, 0) is 19.1 Å². The third kappa shape index (κ3) is 3.78. The molecule has 0 spiro atoms. The van der Waals surface area contributed by atoms with E-state index in [1.54, 1.807) is 17.0 Å². The van der Waals surface area contributed by atoms with Crippen LogP contribution in [0.1, 0.15) is 32.6 Å². The Labute approximate surface area is 164 Å². The molecule has 3 fully saturated rings. The van der Waals surface area contributed by atoms with Gasteiger partial charge in [-0.1, -0.05) is 0 Å². The molecule has 152 valence electrons. The van der Waals surface area contributed by atoms with Gasteiger partial charge in [0.05, 0.1) is 11.6 Å². The van der Waals surface area contributed by atoms with Gasteiger partial charge in [-0.25, -0.2) is 4.39 Å². The van der Waals surface area contributed by atoms with Crippen LogP contribution in [0.15, 0.2) is 24.3 Å². The number of amides is 2. The normalized spacial score (nSPS) is 28.9. The second-order valence-electron chi connectivity index (χ2n) is 8.21. The maximum absolute atomic E-state index is 13.4.